The van der Waals surface area contributed by atoms with E-state index in [0.29, 0.717) is 12.2 Å². The highest BCUT2D eigenvalue weighted by atomic mass is 16.5. The zero-order chi connectivity index (χ0) is 14.0. The number of ether oxygens (including phenoxy) is 1. The molecule has 2 aliphatic carbocycles. The Morgan fingerprint density at radius 2 is 1.90 bits per heavy atom. The van der Waals surface area contributed by atoms with Gasteiger partial charge in [0.15, 0.2) is 0 Å². The minimum absolute atomic E-state index is 0.124. The van der Waals surface area contributed by atoms with Crippen LogP contribution in [-0.4, -0.2) is 11.9 Å². The van der Waals surface area contributed by atoms with E-state index in [1.165, 1.54) is 31.2 Å². The molecular formula is C18H24O2. The standard InChI is InChI=1S/C18H24O2/c1-2-3-6-14-7-9-15(10-8-14)20-17-13-16(19)18(17)11-4-5-12-18/h7-10,17H,2-6,11-13H2,1H3. The molecule has 1 spiro atoms. The van der Waals surface area contributed by atoms with Crippen molar-refractivity contribution in [2.75, 3.05) is 0 Å². The van der Waals surface area contributed by atoms with Crippen molar-refractivity contribution in [1.82, 2.24) is 0 Å². The van der Waals surface area contributed by atoms with Gasteiger partial charge in [0, 0.05) is 6.42 Å². The number of carbonyl (C=O) groups excluding carboxylic acids is 1. The van der Waals surface area contributed by atoms with E-state index >= 15 is 0 Å². The molecule has 2 heteroatoms. The maximum absolute atomic E-state index is 11.9. The molecule has 2 aliphatic rings. The number of unbranched alkanes of at least 4 members (excludes halogenated alkanes) is 1. The van der Waals surface area contributed by atoms with Crippen LogP contribution in [0.3, 0.4) is 0 Å². The first-order valence-electron chi connectivity index (χ1n) is 8.03. The summed E-state index contributed by atoms with van der Waals surface area (Å²) in [6, 6.07) is 8.45. The first-order valence-corrected chi connectivity index (χ1v) is 8.03. The normalized spacial score (nSPS) is 23.9. The molecule has 20 heavy (non-hydrogen) atoms. The summed E-state index contributed by atoms with van der Waals surface area (Å²) in [6.45, 7) is 2.21. The lowest BCUT2D eigenvalue weighted by molar-refractivity contribution is -0.151. The number of aryl methyl sites for hydroxylation is 1. The molecule has 2 nitrogen and oxygen atoms in total. The third-order valence-corrected chi connectivity index (χ3v) is 5.06. The fourth-order valence-electron chi connectivity index (χ4n) is 3.66. The van der Waals surface area contributed by atoms with Crippen molar-refractivity contribution in [3.8, 4) is 5.75 Å². The monoisotopic (exact) mass is 272 g/mol. The number of benzene rings is 1. The molecule has 0 aliphatic heterocycles. The molecule has 0 bridgehead atoms. The second-order valence-corrected chi connectivity index (χ2v) is 6.34. The number of hydrogen-bond donors (Lipinski definition) is 0. The minimum Gasteiger partial charge on any atom is -0.489 e. The van der Waals surface area contributed by atoms with Gasteiger partial charge in [0.05, 0.1) is 5.41 Å². The summed E-state index contributed by atoms with van der Waals surface area (Å²) in [5.41, 5.74) is 1.25. The summed E-state index contributed by atoms with van der Waals surface area (Å²) in [5, 5.41) is 0. The lowest BCUT2D eigenvalue weighted by atomic mass is 9.63. The van der Waals surface area contributed by atoms with Crippen molar-refractivity contribution in [2.24, 2.45) is 5.41 Å². The van der Waals surface area contributed by atoms with Crippen LogP contribution in [0.25, 0.3) is 0 Å². The van der Waals surface area contributed by atoms with Crippen molar-refractivity contribution < 1.29 is 9.53 Å². The highest BCUT2D eigenvalue weighted by Crippen LogP contribution is 2.51. The van der Waals surface area contributed by atoms with Gasteiger partial charge in [0.1, 0.15) is 17.6 Å². The zero-order valence-electron chi connectivity index (χ0n) is 12.4. The van der Waals surface area contributed by atoms with Crippen molar-refractivity contribution in [1.29, 1.82) is 0 Å². The number of carbonyl (C=O) groups is 1. The van der Waals surface area contributed by atoms with E-state index in [0.717, 1.165) is 25.0 Å². The lowest BCUT2D eigenvalue weighted by Crippen LogP contribution is -2.55. The molecular weight excluding hydrogens is 248 g/mol. The number of ketones is 1. The van der Waals surface area contributed by atoms with Gasteiger partial charge in [-0.2, -0.15) is 0 Å². The Morgan fingerprint density at radius 1 is 1.20 bits per heavy atom. The summed E-state index contributed by atoms with van der Waals surface area (Å²) < 4.78 is 6.10. The summed E-state index contributed by atoms with van der Waals surface area (Å²) in [6.07, 6.45) is 8.77. The van der Waals surface area contributed by atoms with E-state index < -0.39 is 0 Å². The van der Waals surface area contributed by atoms with Crippen LogP contribution >= 0.6 is 0 Å². The Hall–Kier alpha value is -1.31. The highest BCUT2D eigenvalue weighted by Gasteiger charge is 2.57. The first kappa shape index (κ1) is 13.7. The van der Waals surface area contributed by atoms with Gasteiger partial charge in [-0.05, 0) is 43.4 Å². The molecule has 0 radical (unpaired) electrons. The van der Waals surface area contributed by atoms with E-state index in [-0.39, 0.29) is 11.5 Å². The van der Waals surface area contributed by atoms with Crippen LogP contribution in [0.15, 0.2) is 24.3 Å². The average Bonchev–Trinajstić information content (AvgIpc) is 2.99. The predicted octanol–water partition coefficient (Wildman–Crippen LogP) is 4.31. The van der Waals surface area contributed by atoms with E-state index in [1.54, 1.807) is 0 Å². The third kappa shape index (κ3) is 2.36. The summed E-state index contributed by atoms with van der Waals surface area (Å²) in [5.74, 6) is 1.36. The summed E-state index contributed by atoms with van der Waals surface area (Å²) in [4.78, 5) is 11.9. The molecule has 1 unspecified atom stereocenters. The molecule has 1 atom stereocenters. The molecule has 0 heterocycles. The second kappa shape index (κ2) is 5.59. The van der Waals surface area contributed by atoms with Gasteiger partial charge in [-0.3, -0.25) is 4.79 Å². The Kier molecular flexibility index (Phi) is 3.82. The summed E-state index contributed by atoms with van der Waals surface area (Å²) >= 11 is 0. The highest BCUT2D eigenvalue weighted by molar-refractivity contribution is 5.92. The molecule has 2 saturated carbocycles. The van der Waals surface area contributed by atoms with Crippen molar-refractivity contribution in [3.05, 3.63) is 29.8 Å². The van der Waals surface area contributed by atoms with E-state index in [4.69, 9.17) is 4.74 Å². The molecule has 1 aromatic carbocycles. The largest absolute Gasteiger partial charge is 0.489 e. The van der Waals surface area contributed by atoms with Crippen molar-refractivity contribution in [3.63, 3.8) is 0 Å². The maximum Gasteiger partial charge on any atom is 0.146 e. The van der Waals surface area contributed by atoms with E-state index in [2.05, 4.69) is 31.2 Å². The van der Waals surface area contributed by atoms with Gasteiger partial charge in [-0.1, -0.05) is 38.3 Å². The van der Waals surface area contributed by atoms with E-state index in [9.17, 15) is 4.79 Å². The molecule has 108 valence electrons. The zero-order valence-corrected chi connectivity index (χ0v) is 12.4. The van der Waals surface area contributed by atoms with E-state index in [1.807, 2.05) is 0 Å². The Morgan fingerprint density at radius 3 is 2.50 bits per heavy atom. The van der Waals surface area contributed by atoms with Gasteiger partial charge in [0.2, 0.25) is 0 Å². The SMILES string of the molecule is CCCCc1ccc(OC2CC(=O)C23CCCC3)cc1. The van der Waals surface area contributed by atoms with Gasteiger partial charge >= 0.3 is 0 Å². The van der Waals surface area contributed by atoms with Crippen LogP contribution < -0.4 is 4.74 Å². The number of rotatable bonds is 5. The minimum atomic E-state index is -0.124. The lowest BCUT2D eigenvalue weighted by Gasteiger charge is -2.44. The summed E-state index contributed by atoms with van der Waals surface area (Å²) in [7, 11) is 0. The average molecular weight is 272 g/mol. The van der Waals surface area contributed by atoms with Gasteiger partial charge in [-0.25, -0.2) is 0 Å². The third-order valence-electron chi connectivity index (χ3n) is 5.06. The van der Waals surface area contributed by atoms with Crippen molar-refractivity contribution >= 4 is 5.78 Å². The Balaban J connectivity index is 1.62. The molecule has 1 aromatic rings. The Labute approximate surface area is 121 Å². The second-order valence-electron chi connectivity index (χ2n) is 6.34. The van der Waals surface area contributed by atoms with Crippen LogP contribution in [0.4, 0.5) is 0 Å². The van der Waals surface area contributed by atoms with Gasteiger partial charge < -0.3 is 4.74 Å². The van der Waals surface area contributed by atoms with Gasteiger partial charge in [-0.15, -0.1) is 0 Å². The maximum atomic E-state index is 11.9. The molecule has 0 aromatic heterocycles. The number of hydrogen-bond acceptors (Lipinski definition) is 2. The van der Waals surface area contributed by atoms with Crippen LogP contribution in [0.1, 0.15) is 57.4 Å². The van der Waals surface area contributed by atoms with Crippen LogP contribution in [-0.2, 0) is 11.2 Å². The fraction of sp³-hybridized carbons (Fsp3) is 0.611. The van der Waals surface area contributed by atoms with Crippen LogP contribution in [0, 0.1) is 5.41 Å². The smallest absolute Gasteiger partial charge is 0.146 e. The molecule has 3 rings (SSSR count). The van der Waals surface area contributed by atoms with Crippen molar-refractivity contribution in [2.45, 2.75) is 64.4 Å². The van der Waals surface area contributed by atoms with Gasteiger partial charge in [0.25, 0.3) is 0 Å². The molecule has 0 saturated heterocycles. The Bertz CT molecular complexity index is 469. The van der Waals surface area contributed by atoms with Crippen LogP contribution in [0.2, 0.25) is 0 Å². The molecule has 0 N–H and O–H groups in total. The molecule has 0 amide bonds. The number of Topliss-reactive ketones (excluding diaryl/α,β-unsaturated/α-hetero) is 1. The quantitative estimate of drug-likeness (QED) is 0.798. The predicted molar refractivity (Wildman–Crippen MR) is 80.0 cm³/mol. The topological polar surface area (TPSA) is 26.3 Å². The first-order chi connectivity index (χ1) is 9.74. The fourth-order valence-corrected chi connectivity index (χ4v) is 3.66. The van der Waals surface area contributed by atoms with Crippen LogP contribution in [0.5, 0.6) is 5.75 Å². The molecule has 2 fully saturated rings.